The first-order valence-corrected chi connectivity index (χ1v) is 4.97. The normalized spacial score (nSPS) is 9.33. The van der Waals surface area contributed by atoms with Gasteiger partial charge in [-0.15, -0.1) is 0 Å². The second-order valence-corrected chi connectivity index (χ2v) is 3.44. The van der Waals surface area contributed by atoms with Crippen LogP contribution in [0.25, 0.3) is 0 Å². The van der Waals surface area contributed by atoms with Crippen LogP contribution in [0.5, 0.6) is 0 Å². The predicted molar refractivity (Wildman–Crippen MR) is 53.1 cm³/mol. The van der Waals surface area contributed by atoms with E-state index in [0.29, 0.717) is 4.59 Å². The number of nitriles is 1. The van der Waals surface area contributed by atoms with Gasteiger partial charge >= 0.3 is 93.5 Å². The van der Waals surface area contributed by atoms with Crippen LogP contribution in [-0.2, 0) is 4.74 Å². The van der Waals surface area contributed by atoms with Gasteiger partial charge in [-0.2, -0.15) is 0 Å². The number of nitrogens with one attached hydrogen (secondary N) is 1. The Kier molecular flexibility index (Phi) is 3.67. The van der Waals surface area contributed by atoms with Crippen molar-refractivity contribution in [2.75, 3.05) is 6.61 Å². The number of hydrogen-bond acceptors (Lipinski definition) is 4. The van der Waals surface area contributed by atoms with Crippen molar-refractivity contribution in [3.8, 4) is 6.07 Å². The molecule has 0 spiro atoms. The molecule has 1 heterocycles. The Morgan fingerprint density at radius 1 is 1.73 bits per heavy atom. The zero-order valence-electron chi connectivity index (χ0n) is 7.86. The monoisotopic (exact) mass is 271 g/mol. The van der Waals surface area contributed by atoms with Gasteiger partial charge in [-0.25, -0.2) is 0 Å². The van der Waals surface area contributed by atoms with Gasteiger partial charge < -0.3 is 0 Å². The van der Waals surface area contributed by atoms with Crippen LogP contribution >= 0.6 is 0 Å². The molecule has 0 atom stereocenters. The summed E-state index contributed by atoms with van der Waals surface area (Å²) in [5.74, 6) is -0.727. The Bertz CT molecular complexity index is 487. The molecule has 0 bridgehead atoms. The van der Waals surface area contributed by atoms with E-state index in [1.807, 2.05) is 6.07 Å². The summed E-state index contributed by atoms with van der Waals surface area (Å²) in [5, 5.41) is 8.70. The van der Waals surface area contributed by atoms with E-state index < -0.39 is 11.5 Å². The van der Waals surface area contributed by atoms with Gasteiger partial charge in [0.15, 0.2) is 0 Å². The topological polar surface area (TPSA) is 82.9 Å². The van der Waals surface area contributed by atoms with E-state index in [2.05, 4.69) is 25.7 Å². The number of pyridine rings is 1. The Hall–Kier alpha value is -1.57. The summed E-state index contributed by atoms with van der Waals surface area (Å²) in [6, 6.07) is 3.06. The number of aromatic nitrogens is 1. The van der Waals surface area contributed by atoms with Gasteiger partial charge in [-0.3, -0.25) is 0 Å². The first-order valence-electron chi connectivity index (χ1n) is 4.11. The van der Waals surface area contributed by atoms with E-state index in [9.17, 15) is 9.59 Å². The summed E-state index contributed by atoms with van der Waals surface area (Å²) in [6.07, 6.45) is 0. The molecule has 0 radical (unpaired) electrons. The van der Waals surface area contributed by atoms with E-state index in [1.165, 1.54) is 6.07 Å². The Balaban J connectivity index is 3.26. The van der Waals surface area contributed by atoms with Crippen molar-refractivity contribution < 1.29 is 9.53 Å². The summed E-state index contributed by atoms with van der Waals surface area (Å²) in [6.45, 7) is 1.82. The SMILES string of the molecule is CCOC(=O)c1cc(C#N)c([Se-])[nH]c1=O. The molecule has 0 amide bonds. The molecule has 1 N–H and O–H groups in total. The van der Waals surface area contributed by atoms with Gasteiger partial charge in [0.2, 0.25) is 0 Å². The van der Waals surface area contributed by atoms with Gasteiger partial charge in [0, 0.05) is 0 Å². The number of rotatable bonds is 2. The fourth-order valence-corrected chi connectivity index (χ4v) is 1.37. The van der Waals surface area contributed by atoms with Crippen molar-refractivity contribution in [1.82, 2.24) is 4.98 Å². The predicted octanol–water partition coefficient (Wildman–Crippen LogP) is -0.783. The maximum atomic E-state index is 11.3. The van der Waals surface area contributed by atoms with Gasteiger partial charge in [-0.1, -0.05) is 0 Å². The number of nitrogens with zero attached hydrogens (tertiary/aromatic N) is 1. The zero-order valence-corrected chi connectivity index (χ0v) is 9.58. The summed E-state index contributed by atoms with van der Waals surface area (Å²) in [5.41, 5.74) is -0.522. The number of carbonyl (C=O) groups is 1. The van der Waals surface area contributed by atoms with Crippen LogP contribution in [0.3, 0.4) is 0 Å². The number of H-pyrrole nitrogens is 1. The van der Waals surface area contributed by atoms with E-state index in [0.717, 1.165) is 0 Å². The van der Waals surface area contributed by atoms with Gasteiger partial charge in [0.1, 0.15) is 0 Å². The Morgan fingerprint density at radius 2 is 2.40 bits per heavy atom. The third-order valence-corrected chi connectivity index (χ3v) is 2.30. The molecule has 6 heteroatoms. The quantitative estimate of drug-likeness (QED) is 0.564. The molecule has 78 valence electrons. The second kappa shape index (κ2) is 4.78. The molecule has 0 unspecified atom stereocenters. The standard InChI is InChI=1S/C9H8N2O3Se/c1-2-14-9(13)6-3-5(4-10)8(15)11-7(6)12/h3H,2H2,1H3,(H2,11,12,15)/p-1. The van der Waals surface area contributed by atoms with Crippen LogP contribution in [0.15, 0.2) is 10.9 Å². The molecular formula is C9H7N2O3Se-. The van der Waals surface area contributed by atoms with E-state index in [4.69, 9.17) is 5.26 Å². The van der Waals surface area contributed by atoms with Gasteiger partial charge in [0.25, 0.3) is 0 Å². The Morgan fingerprint density at radius 3 is 2.93 bits per heavy atom. The average molecular weight is 270 g/mol. The van der Waals surface area contributed by atoms with Crippen molar-refractivity contribution in [1.29, 1.82) is 5.26 Å². The minimum atomic E-state index is -0.727. The van der Waals surface area contributed by atoms with Gasteiger partial charge in [-0.05, 0) is 0 Å². The maximum absolute atomic E-state index is 11.3. The summed E-state index contributed by atoms with van der Waals surface area (Å²) in [4.78, 5) is 25.0. The number of carbonyl (C=O) groups excluding carboxylic acids is 1. The van der Waals surface area contributed by atoms with Crippen LogP contribution < -0.4 is 10.2 Å². The molecule has 0 aliphatic carbocycles. The number of hydrogen-bond donors (Lipinski definition) is 1. The second-order valence-electron chi connectivity index (χ2n) is 2.59. The fourth-order valence-electron chi connectivity index (χ4n) is 0.957. The summed E-state index contributed by atoms with van der Waals surface area (Å²) >= 11 is 2.53. The third kappa shape index (κ3) is 2.46. The molecule has 1 aromatic heterocycles. The van der Waals surface area contributed by atoms with Crippen molar-refractivity contribution in [3.63, 3.8) is 0 Å². The summed E-state index contributed by atoms with van der Waals surface area (Å²) < 4.78 is 4.98. The number of aromatic amines is 1. The minimum absolute atomic E-state index is 0.160. The van der Waals surface area contributed by atoms with E-state index in [1.54, 1.807) is 6.92 Å². The van der Waals surface area contributed by atoms with Crippen LogP contribution in [0.2, 0.25) is 0 Å². The van der Waals surface area contributed by atoms with Crippen LogP contribution in [-0.4, -0.2) is 33.6 Å². The Labute approximate surface area is 93.9 Å². The molecule has 0 aromatic carbocycles. The number of esters is 1. The third-order valence-electron chi connectivity index (χ3n) is 1.62. The van der Waals surface area contributed by atoms with Crippen molar-refractivity contribution >= 4 is 26.6 Å². The molecule has 1 aromatic rings. The van der Waals surface area contributed by atoms with Crippen molar-refractivity contribution in [2.45, 2.75) is 6.92 Å². The van der Waals surface area contributed by atoms with Gasteiger partial charge in [0.05, 0.1) is 0 Å². The molecule has 0 aliphatic heterocycles. The molecular weight excluding hydrogens is 263 g/mol. The average Bonchev–Trinajstić information content (AvgIpc) is 2.18. The molecule has 0 aliphatic rings. The van der Waals surface area contributed by atoms with Crippen LogP contribution in [0.4, 0.5) is 0 Å². The zero-order chi connectivity index (χ0) is 11.4. The molecule has 5 nitrogen and oxygen atoms in total. The van der Waals surface area contributed by atoms with Crippen molar-refractivity contribution in [3.05, 3.63) is 27.5 Å². The van der Waals surface area contributed by atoms with Crippen LogP contribution in [0, 0.1) is 11.3 Å². The molecule has 0 saturated carbocycles. The van der Waals surface area contributed by atoms with E-state index >= 15 is 0 Å². The molecule has 1 rings (SSSR count). The van der Waals surface area contributed by atoms with Crippen molar-refractivity contribution in [2.24, 2.45) is 0 Å². The first-order chi connectivity index (χ1) is 7.10. The van der Waals surface area contributed by atoms with Crippen LogP contribution in [0.1, 0.15) is 22.8 Å². The fraction of sp³-hybridized carbons (Fsp3) is 0.222. The molecule has 15 heavy (non-hydrogen) atoms. The summed E-state index contributed by atoms with van der Waals surface area (Å²) in [7, 11) is 0. The number of ether oxygens (including phenoxy) is 1. The molecule has 0 fully saturated rings. The van der Waals surface area contributed by atoms with E-state index in [-0.39, 0.29) is 17.7 Å². The molecule has 0 saturated heterocycles. The first kappa shape index (κ1) is 11.5.